The molecular weight excluding hydrogens is 342 g/mol. The zero-order chi connectivity index (χ0) is 18.7. The van der Waals surface area contributed by atoms with Crippen LogP contribution in [0.4, 0.5) is 0 Å². The molecule has 26 heavy (non-hydrogen) atoms. The quantitative estimate of drug-likeness (QED) is 0.709. The van der Waals surface area contributed by atoms with Crippen LogP contribution in [0.1, 0.15) is 32.7 Å². The van der Waals surface area contributed by atoms with Gasteiger partial charge in [0.15, 0.2) is 0 Å². The van der Waals surface area contributed by atoms with Gasteiger partial charge in [0.05, 0.1) is 6.04 Å². The number of nitrogens with zero attached hydrogens (tertiary/aromatic N) is 2. The molecule has 1 N–H and O–H groups in total. The van der Waals surface area contributed by atoms with E-state index in [0.717, 1.165) is 5.69 Å². The maximum Gasteiger partial charge on any atom is 0.251 e. The highest BCUT2D eigenvalue weighted by Crippen LogP contribution is 2.22. The van der Waals surface area contributed by atoms with E-state index in [2.05, 4.69) is 52.2 Å². The van der Waals surface area contributed by atoms with E-state index in [1.165, 1.54) is 16.3 Å². The van der Waals surface area contributed by atoms with Crippen molar-refractivity contribution in [2.45, 2.75) is 19.9 Å². The minimum atomic E-state index is -0.0408. The molecule has 4 nitrogen and oxygen atoms in total. The summed E-state index contributed by atoms with van der Waals surface area (Å²) < 4.78 is 2.18. The SMILES string of the molecule is Cc1ccc(C)n1-c1ccc(C(=O)NCC(c2cccs2)N(C)C)cc1. The monoisotopic (exact) mass is 367 g/mol. The van der Waals surface area contributed by atoms with Gasteiger partial charge < -0.3 is 14.8 Å². The van der Waals surface area contributed by atoms with Gasteiger partial charge >= 0.3 is 0 Å². The molecule has 0 aliphatic rings. The Hall–Kier alpha value is -2.37. The van der Waals surface area contributed by atoms with Crippen molar-refractivity contribution in [3.8, 4) is 5.69 Å². The third kappa shape index (κ3) is 3.89. The van der Waals surface area contributed by atoms with Crippen LogP contribution in [0.3, 0.4) is 0 Å². The third-order valence-electron chi connectivity index (χ3n) is 4.61. The molecule has 0 bridgehead atoms. The lowest BCUT2D eigenvalue weighted by atomic mass is 10.1. The topological polar surface area (TPSA) is 37.3 Å². The predicted molar refractivity (Wildman–Crippen MR) is 108 cm³/mol. The van der Waals surface area contributed by atoms with Crippen LogP contribution < -0.4 is 5.32 Å². The summed E-state index contributed by atoms with van der Waals surface area (Å²) in [5, 5.41) is 5.13. The molecule has 0 saturated heterocycles. The Morgan fingerprint density at radius 1 is 1.08 bits per heavy atom. The fourth-order valence-corrected chi connectivity index (χ4v) is 4.07. The highest BCUT2D eigenvalue weighted by molar-refractivity contribution is 7.10. The van der Waals surface area contributed by atoms with Crippen LogP contribution in [-0.4, -0.2) is 36.0 Å². The number of likely N-dealkylation sites (N-methyl/N-ethyl adjacent to an activating group) is 1. The lowest BCUT2D eigenvalue weighted by molar-refractivity contribution is 0.0942. The Morgan fingerprint density at radius 2 is 1.73 bits per heavy atom. The van der Waals surface area contributed by atoms with Crippen molar-refractivity contribution in [2.24, 2.45) is 0 Å². The number of aromatic nitrogens is 1. The summed E-state index contributed by atoms with van der Waals surface area (Å²) in [7, 11) is 4.07. The number of hydrogen-bond acceptors (Lipinski definition) is 3. The van der Waals surface area contributed by atoms with Gasteiger partial charge in [0.2, 0.25) is 0 Å². The summed E-state index contributed by atoms with van der Waals surface area (Å²) in [6.45, 7) is 4.75. The van der Waals surface area contributed by atoms with E-state index >= 15 is 0 Å². The fraction of sp³-hybridized carbons (Fsp3) is 0.286. The summed E-state index contributed by atoms with van der Waals surface area (Å²) >= 11 is 1.71. The number of aryl methyl sites for hydroxylation is 2. The Kier molecular flexibility index (Phi) is 5.59. The number of hydrogen-bond donors (Lipinski definition) is 1. The molecule has 1 unspecified atom stereocenters. The van der Waals surface area contributed by atoms with Crippen molar-refractivity contribution in [3.05, 3.63) is 75.7 Å². The van der Waals surface area contributed by atoms with Crippen LogP contribution in [0, 0.1) is 13.8 Å². The summed E-state index contributed by atoms with van der Waals surface area (Å²) in [5.41, 5.74) is 4.13. The molecule has 2 heterocycles. The highest BCUT2D eigenvalue weighted by atomic mass is 32.1. The zero-order valence-electron chi connectivity index (χ0n) is 15.7. The van der Waals surface area contributed by atoms with Crippen LogP contribution >= 0.6 is 11.3 Å². The maximum atomic E-state index is 12.5. The lowest BCUT2D eigenvalue weighted by Crippen LogP contribution is -2.34. The first-order valence-electron chi connectivity index (χ1n) is 8.71. The van der Waals surface area contributed by atoms with E-state index in [4.69, 9.17) is 0 Å². The number of nitrogens with one attached hydrogen (secondary N) is 1. The molecule has 0 spiro atoms. The fourth-order valence-electron chi connectivity index (χ4n) is 3.15. The van der Waals surface area contributed by atoms with Gasteiger partial charge in [-0.2, -0.15) is 0 Å². The molecule has 1 atom stereocenters. The van der Waals surface area contributed by atoms with Gasteiger partial charge in [-0.3, -0.25) is 4.79 Å². The smallest absolute Gasteiger partial charge is 0.251 e. The number of rotatable bonds is 6. The molecule has 0 radical (unpaired) electrons. The van der Waals surface area contributed by atoms with E-state index < -0.39 is 0 Å². The van der Waals surface area contributed by atoms with E-state index in [1.807, 2.05) is 44.4 Å². The molecular formula is C21H25N3OS. The summed E-state index contributed by atoms with van der Waals surface area (Å²) in [5.74, 6) is -0.0408. The van der Waals surface area contributed by atoms with Gasteiger partial charge in [-0.25, -0.2) is 0 Å². The standard InChI is InChI=1S/C21H25N3OS/c1-15-7-8-16(2)24(15)18-11-9-17(10-12-18)21(25)22-14-19(23(3)4)20-6-5-13-26-20/h5-13,19H,14H2,1-4H3,(H,22,25). The average molecular weight is 368 g/mol. The van der Waals surface area contributed by atoms with Gasteiger partial charge in [0.25, 0.3) is 5.91 Å². The van der Waals surface area contributed by atoms with Gasteiger partial charge in [-0.1, -0.05) is 6.07 Å². The van der Waals surface area contributed by atoms with Crippen molar-refractivity contribution < 1.29 is 4.79 Å². The Morgan fingerprint density at radius 3 is 2.27 bits per heavy atom. The van der Waals surface area contributed by atoms with Gasteiger partial charge in [-0.05, 0) is 75.8 Å². The third-order valence-corrected chi connectivity index (χ3v) is 5.58. The molecule has 0 saturated carbocycles. The number of benzene rings is 1. The largest absolute Gasteiger partial charge is 0.350 e. The van der Waals surface area contributed by atoms with E-state index in [1.54, 1.807) is 11.3 Å². The van der Waals surface area contributed by atoms with Crippen LogP contribution in [0.15, 0.2) is 53.9 Å². The first kappa shape index (κ1) is 18.4. The second-order valence-electron chi connectivity index (χ2n) is 6.70. The Labute approximate surface area is 159 Å². The van der Waals surface area contributed by atoms with Crippen molar-refractivity contribution in [1.82, 2.24) is 14.8 Å². The van der Waals surface area contributed by atoms with E-state index in [9.17, 15) is 4.79 Å². The first-order valence-corrected chi connectivity index (χ1v) is 9.58. The molecule has 2 aromatic heterocycles. The number of amides is 1. The minimum Gasteiger partial charge on any atom is -0.350 e. The number of carbonyl (C=O) groups excluding carboxylic acids is 1. The summed E-state index contributed by atoms with van der Waals surface area (Å²) in [6, 6.07) is 16.3. The van der Waals surface area contributed by atoms with E-state index in [0.29, 0.717) is 12.1 Å². The molecule has 0 fully saturated rings. The predicted octanol–water partition coefficient (Wildman–Crippen LogP) is 4.19. The normalized spacial score (nSPS) is 12.3. The number of carbonyl (C=O) groups is 1. The number of thiophene rings is 1. The second-order valence-corrected chi connectivity index (χ2v) is 7.68. The second kappa shape index (κ2) is 7.89. The van der Waals surface area contributed by atoms with Crippen molar-refractivity contribution in [2.75, 3.05) is 20.6 Å². The Bertz CT molecular complexity index is 844. The summed E-state index contributed by atoms with van der Waals surface area (Å²) in [4.78, 5) is 15.9. The molecule has 136 valence electrons. The molecule has 1 amide bonds. The highest BCUT2D eigenvalue weighted by Gasteiger charge is 2.17. The molecule has 3 rings (SSSR count). The molecule has 0 aliphatic heterocycles. The molecule has 3 aromatic rings. The maximum absolute atomic E-state index is 12.5. The summed E-state index contributed by atoms with van der Waals surface area (Å²) in [6.07, 6.45) is 0. The van der Waals surface area contributed by atoms with E-state index in [-0.39, 0.29) is 11.9 Å². The van der Waals surface area contributed by atoms with Crippen LogP contribution in [0.25, 0.3) is 5.69 Å². The molecule has 0 aliphatic carbocycles. The van der Waals surface area contributed by atoms with Gasteiger partial charge in [0.1, 0.15) is 0 Å². The van der Waals surface area contributed by atoms with Crippen molar-refractivity contribution in [1.29, 1.82) is 0 Å². The van der Waals surface area contributed by atoms with Crippen LogP contribution in [-0.2, 0) is 0 Å². The van der Waals surface area contributed by atoms with Crippen molar-refractivity contribution in [3.63, 3.8) is 0 Å². The zero-order valence-corrected chi connectivity index (χ0v) is 16.5. The molecule has 1 aromatic carbocycles. The average Bonchev–Trinajstić information content (AvgIpc) is 3.25. The van der Waals surface area contributed by atoms with Gasteiger partial charge in [-0.15, -0.1) is 11.3 Å². The van der Waals surface area contributed by atoms with Crippen molar-refractivity contribution >= 4 is 17.2 Å². The first-order chi connectivity index (χ1) is 12.5. The van der Waals surface area contributed by atoms with Gasteiger partial charge in [0, 0.05) is 34.1 Å². The van der Waals surface area contributed by atoms with Crippen LogP contribution in [0.2, 0.25) is 0 Å². The lowest BCUT2D eigenvalue weighted by Gasteiger charge is -2.23. The Balaban J connectivity index is 1.68. The molecule has 5 heteroatoms. The van der Waals surface area contributed by atoms with Crippen LogP contribution in [0.5, 0.6) is 0 Å². The minimum absolute atomic E-state index is 0.0408.